The van der Waals surface area contributed by atoms with Gasteiger partial charge in [0.1, 0.15) is 30.2 Å². The summed E-state index contributed by atoms with van der Waals surface area (Å²) in [5.74, 6) is 0.296. The molecule has 2 aliphatic rings. The minimum Gasteiger partial charge on any atom is -0.394 e. The third-order valence-corrected chi connectivity index (χ3v) is 4.95. The number of nitrogens with zero attached hydrogens (tertiary/aromatic N) is 4. The van der Waals surface area contributed by atoms with Crippen molar-refractivity contribution in [1.29, 1.82) is 0 Å². The van der Waals surface area contributed by atoms with E-state index in [1.54, 1.807) is 10.9 Å². The highest BCUT2D eigenvalue weighted by molar-refractivity contribution is 5.81. The molecule has 2 aromatic heterocycles. The fourth-order valence-corrected chi connectivity index (χ4v) is 3.63. The molecule has 3 N–H and O–H groups in total. The summed E-state index contributed by atoms with van der Waals surface area (Å²) in [4.78, 5) is 12.5. The highest BCUT2D eigenvalue weighted by Gasteiger charge is 2.53. The number of anilines is 1. The van der Waals surface area contributed by atoms with Gasteiger partial charge in [0.2, 0.25) is 0 Å². The number of aromatic nitrogens is 4. The molecule has 0 radical (unpaired) electrons. The summed E-state index contributed by atoms with van der Waals surface area (Å²) < 4.78 is 19.8. The maximum absolute atomic E-state index is 9.73. The molecular formula is C19H19N5O4. The Labute approximate surface area is 160 Å². The molecule has 2 aliphatic heterocycles. The quantitative estimate of drug-likeness (QED) is 0.690. The number of aliphatic hydroxyl groups is 1. The van der Waals surface area contributed by atoms with Crippen LogP contribution < -0.4 is 5.73 Å². The summed E-state index contributed by atoms with van der Waals surface area (Å²) in [6.07, 6.45) is 4.34. The Hall–Kier alpha value is -2.85. The van der Waals surface area contributed by atoms with Crippen LogP contribution in [0.1, 0.15) is 11.8 Å². The summed E-state index contributed by atoms with van der Waals surface area (Å²) in [6, 6.07) is 9.89. The zero-order valence-electron chi connectivity index (χ0n) is 14.8. The number of nitrogen functional groups attached to an aromatic ring is 1. The molecule has 0 unspecified atom stereocenters. The Morgan fingerprint density at radius 2 is 1.89 bits per heavy atom. The van der Waals surface area contributed by atoms with Crippen molar-refractivity contribution < 1.29 is 19.3 Å². The predicted octanol–water partition coefficient (Wildman–Crippen LogP) is 1.12. The molecule has 1 aromatic carbocycles. The molecule has 4 heterocycles. The number of fused-ring (bicyclic) bond motifs is 2. The lowest BCUT2D eigenvalue weighted by Crippen LogP contribution is -2.30. The molecule has 0 aliphatic carbocycles. The van der Waals surface area contributed by atoms with E-state index in [1.165, 1.54) is 6.33 Å². The zero-order valence-corrected chi connectivity index (χ0v) is 14.8. The molecule has 2 fully saturated rings. The fraction of sp³-hybridized carbons (Fsp3) is 0.316. The van der Waals surface area contributed by atoms with Gasteiger partial charge in [0.05, 0.1) is 12.9 Å². The molecule has 2 saturated heterocycles. The van der Waals surface area contributed by atoms with Crippen molar-refractivity contribution in [2.75, 3.05) is 12.3 Å². The maximum Gasteiger partial charge on any atom is 0.178 e. The Balaban J connectivity index is 1.42. The van der Waals surface area contributed by atoms with Crippen molar-refractivity contribution in [3.8, 4) is 0 Å². The van der Waals surface area contributed by atoms with Crippen molar-refractivity contribution >= 4 is 23.1 Å². The van der Waals surface area contributed by atoms with Crippen LogP contribution in [0, 0.1) is 0 Å². The fourth-order valence-electron chi connectivity index (χ4n) is 3.63. The molecule has 0 amide bonds. The highest BCUT2D eigenvalue weighted by atomic mass is 16.8. The number of rotatable bonds is 4. The molecule has 5 atom stereocenters. The molecule has 0 bridgehead atoms. The number of benzene rings is 1. The van der Waals surface area contributed by atoms with Crippen LogP contribution in [0.25, 0.3) is 17.2 Å². The second kappa shape index (κ2) is 6.95. The van der Waals surface area contributed by atoms with Gasteiger partial charge in [-0.1, -0.05) is 36.4 Å². The van der Waals surface area contributed by atoms with E-state index < -0.39 is 30.8 Å². The van der Waals surface area contributed by atoms with Crippen molar-refractivity contribution in [3.05, 3.63) is 54.6 Å². The second-order valence-corrected chi connectivity index (χ2v) is 6.67. The van der Waals surface area contributed by atoms with Gasteiger partial charge in [0.25, 0.3) is 0 Å². The van der Waals surface area contributed by atoms with Crippen molar-refractivity contribution in [1.82, 2.24) is 19.5 Å². The summed E-state index contributed by atoms with van der Waals surface area (Å²) in [7, 11) is 0. The lowest BCUT2D eigenvalue weighted by molar-refractivity contribution is -0.133. The van der Waals surface area contributed by atoms with Gasteiger partial charge in [-0.2, -0.15) is 0 Å². The number of hydrogen-bond acceptors (Lipinski definition) is 8. The van der Waals surface area contributed by atoms with E-state index in [0.717, 1.165) is 5.56 Å². The van der Waals surface area contributed by atoms with Crippen LogP contribution in [0.3, 0.4) is 0 Å². The monoisotopic (exact) mass is 381 g/mol. The topological polar surface area (TPSA) is 118 Å². The van der Waals surface area contributed by atoms with Gasteiger partial charge >= 0.3 is 0 Å². The first-order chi connectivity index (χ1) is 13.7. The Morgan fingerprint density at radius 1 is 1.07 bits per heavy atom. The number of aliphatic hydroxyl groups excluding tert-OH is 1. The van der Waals surface area contributed by atoms with E-state index in [0.29, 0.717) is 17.0 Å². The van der Waals surface area contributed by atoms with Gasteiger partial charge in [-0.25, -0.2) is 15.0 Å². The molecule has 9 nitrogen and oxygen atoms in total. The average molecular weight is 381 g/mol. The number of imidazole rings is 1. The van der Waals surface area contributed by atoms with Gasteiger partial charge in [-0.05, 0) is 11.6 Å². The van der Waals surface area contributed by atoms with Crippen LogP contribution in [0.2, 0.25) is 0 Å². The normalized spacial score (nSPS) is 29.7. The third kappa shape index (κ3) is 2.85. The molecular weight excluding hydrogens is 362 g/mol. The predicted molar refractivity (Wildman–Crippen MR) is 99.7 cm³/mol. The zero-order chi connectivity index (χ0) is 19.1. The first kappa shape index (κ1) is 17.3. The number of nitrogens with two attached hydrogens (primary N) is 1. The van der Waals surface area contributed by atoms with Crippen LogP contribution in [-0.4, -0.2) is 55.8 Å². The number of hydrogen-bond donors (Lipinski definition) is 2. The molecule has 0 spiro atoms. The van der Waals surface area contributed by atoms with Crippen LogP contribution in [0.15, 0.2) is 49.1 Å². The summed E-state index contributed by atoms with van der Waals surface area (Å²) in [5, 5.41) is 9.73. The van der Waals surface area contributed by atoms with E-state index in [1.807, 2.05) is 42.5 Å². The Morgan fingerprint density at radius 3 is 2.71 bits per heavy atom. The third-order valence-electron chi connectivity index (χ3n) is 4.95. The summed E-state index contributed by atoms with van der Waals surface area (Å²) in [5.41, 5.74) is 7.96. The van der Waals surface area contributed by atoms with E-state index in [4.69, 9.17) is 19.9 Å². The first-order valence-corrected chi connectivity index (χ1v) is 8.98. The van der Waals surface area contributed by atoms with E-state index in [9.17, 15) is 5.11 Å². The standard InChI is InChI=1S/C19H19N5O4/c20-17-14-18(22-9-21-17)24(10-23-14)19-16-15(12(8-25)26-19)27-13(28-16)7-6-11-4-2-1-3-5-11/h1-7,9-10,12-13,15-16,19,25H,8H2,(H2,20,21,22)/b7-6+/t12-,13+,15-,16-,19-/m1/s1. The summed E-state index contributed by atoms with van der Waals surface area (Å²) in [6.45, 7) is -0.181. The highest BCUT2D eigenvalue weighted by Crippen LogP contribution is 2.40. The lowest BCUT2D eigenvalue weighted by Gasteiger charge is -2.19. The Bertz CT molecular complexity index is 1010. The van der Waals surface area contributed by atoms with Crippen LogP contribution in [0.5, 0.6) is 0 Å². The van der Waals surface area contributed by atoms with Gasteiger partial charge in [-0.15, -0.1) is 0 Å². The van der Waals surface area contributed by atoms with E-state index in [-0.39, 0.29) is 6.61 Å². The molecule has 28 heavy (non-hydrogen) atoms. The van der Waals surface area contributed by atoms with Crippen molar-refractivity contribution in [3.63, 3.8) is 0 Å². The summed E-state index contributed by atoms with van der Waals surface area (Å²) >= 11 is 0. The van der Waals surface area contributed by atoms with Crippen molar-refractivity contribution in [2.24, 2.45) is 0 Å². The first-order valence-electron chi connectivity index (χ1n) is 8.98. The molecule has 144 valence electrons. The Kier molecular flexibility index (Phi) is 4.29. The minimum atomic E-state index is -0.545. The van der Waals surface area contributed by atoms with Crippen LogP contribution >= 0.6 is 0 Å². The number of ether oxygens (including phenoxy) is 3. The molecule has 5 rings (SSSR count). The molecule has 9 heteroatoms. The van der Waals surface area contributed by atoms with Gasteiger partial charge in [-0.3, -0.25) is 4.57 Å². The van der Waals surface area contributed by atoms with Crippen LogP contribution in [0.4, 0.5) is 5.82 Å². The van der Waals surface area contributed by atoms with Crippen molar-refractivity contribution in [2.45, 2.75) is 30.8 Å². The van der Waals surface area contributed by atoms with E-state index in [2.05, 4.69) is 15.0 Å². The van der Waals surface area contributed by atoms with Gasteiger partial charge in [0, 0.05) is 0 Å². The maximum atomic E-state index is 9.73. The SMILES string of the molecule is Nc1ncnc2c1ncn2[C@@H]1O[C@H](CO)[C@H]2O[C@H](/C=C/c3ccccc3)O[C@H]21. The lowest BCUT2D eigenvalue weighted by atomic mass is 10.1. The largest absolute Gasteiger partial charge is 0.394 e. The van der Waals surface area contributed by atoms with Gasteiger partial charge in [0.15, 0.2) is 24.0 Å². The second-order valence-electron chi connectivity index (χ2n) is 6.67. The van der Waals surface area contributed by atoms with Crippen LogP contribution in [-0.2, 0) is 14.2 Å². The average Bonchev–Trinajstić information content (AvgIpc) is 3.41. The minimum absolute atomic E-state index is 0.181. The van der Waals surface area contributed by atoms with E-state index >= 15 is 0 Å². The molecule has 0 saturated carbocycles. The molecule has 3 aromatic rings. The smallest absolute Gasteiger partial charge is 0.178 e. The van der Waals surface area contributed by atoms with Gasteiger partial charge < -0.3 is 25.1 Å².